The molecule has 0 aromatic heterocycles. The fourth-order valence-corrected chi connectivity index (χ4v) is 2.63. The van der Waals surface area contributed by atoms with E-state index in [0.717, 1.165) is 23.6 Å². The highest BCUT2D eigenvalue weighted by Gasteiger charge is 2.21. The number of aliphatic imine (C=N–C) groups is 1. The number of unbranched alkanes of at least 4 members (excludes halogenated alkanes) is 3. The smallest absolute Gasteiger partial charge is 0.0873 e. The van der Waals surface area contributed by atoms with Gasteiger partial charge in [-0.2, -0.15) is 0 Å². The lowest BCUT2D eigenvalue weighted by molar-refractivity contribution is 0.664. The van der Waals surface area contributed by atoms with Crippen molar-refractivity contribution >= 4 is 17.1 Å². The number of benzene rings is 1. The van der Waals surface area contributed by atoms with E-state index >= 15 is 0 Å². The standard InChI is InChI=1S/C18H26N2.C2H6/c1-6-7-8-9-10-20-16(5)15(4)19-17-11-13(2)14(3)12-18(17)20;1-2/h11-12H,5-10H2,1-4H3;1-2H3. The number of hydrogen-bond donors (Lipinski definition) is 0. The normalized spacial score (nSPS) is 13.3. The minimum atomic E-state index is 1.04. The number of rotatable bonds is 5. The molecule has 122 valence electrons. The van der Waals surface area contributed by atoms with Gasteiger partial charge in [-0.1, -0.05) is 46.6 Å². The highest BCUT2D eigenvalue weighted by Crippen LogP contribution is 2.37. The van der Waals surface area contributed by atoms with Crippen LogP contribution in [-0.4, -0.2) is 12.3 Å². The Morgan fingerprint density at radius 2 is 1.64 bits per heavy atom. The molecule has 0 N–H and O–H groups in total. The van der Waals surface area contributed by atoms with Gasteiger partial charge in [-0.15, -0.1) is 0 Å². The Bertz CT molecular complexity index is 541. The minimum Gasteiger partial charge on any atom is -0.339 e. The first-order valence-electron chi connectivity index (χ1n) is 8.68. The summed E-state index contributed by atoms with van der Waals surface area (Å²) in [7, 11) is 0. The molecule has 22 heavy (non-hydrogen) atoms. The van der Waals surface area contributed by atoms with E-state index in [0.29, 0.717) is 0 Å². The highest BCUT2D eigenvalue weighted by molar-refractivity contribution is 6.06. The van der Waals surface area contributed by atoms with Gasteiger partial charge in [-0.3, -0.25) is 0 Å². The third-order valence-electron chi connectivity index (χ3n) is 4.15. The van der Waals surface area contributed by atoms with E-state index in [2.05, 4.69) is 51.3 Å². The predicted octanol–water partition coefficient (Wildman–Crippen LogP) is 6.34. The number of anilines is 1. The molecule has 0 aliphatic carbocycles. The SMILES string of the molecule is C=C1C(C)=Nc2cc(C)c(C)cc2N1CCCCCC.CC. The highest BCUT2D eigenvalue weighted by atomic mass is 15.2. The second-order valence-corrected chi connectivity index (χ2v) is 5.78. The summed E-state index contributed by atoms with van der Waals surface area (Å²) in [6, 6.07) is 4.45. The van der Waals surface area contributed by atoms with Crippen LogP contribution < -0.4 is 4.90 Å². The molecule has 0 unspecified atom stereocenters. The van der Waals surface area contributed by atoms with Crippen LogP contribution in [-0.2, 0) is 0 Å². The third kappa shape index (κ3) is 4.22. The Balaban J connectivity index is 0.00000116. The van der Waals surface area contributed by atoms with Gasteiger partial charge in [-0.25, -0.2) is 4.99 Å². The van der Waals surface area contributed by atoms with E-state index in [-0.39, 0.29) is 0 Å². The average Bonchev–Trinajstić information content (AvgIpc) is 2.51. The maximum Gasteiger partial charge on any atom is 0.0873 e. The van der Waals surface area contributed by atoms with Crippen LogP contribution in [0.3, 0.4) is 0 Å². The molecule has 1 aromatic carbocycles. The van der Waals surface area contributed by atoms with Gasteiger partial charge in [-0.05, 0) is 50.5 Å². The van der Waals surface area contributed by atoms with Crippen LogP contribution in [0.4, 0.5) is 11.4 Å². The van der Waals surface area contributed by atoms with Crippen LogP contribution in [0.1, 0.15) is 64.5 Å². The number of aryl methyl sites for hydroxylation is 2. The minimum absolute atomic E-state index is 1.04. The van der Waals surface area contributed by atoms with E-state index in [1.54, 1.807) is 0 Å². The maximum absolute atomic E-state index is 4.70. The van der Waals surface area contributed by atoms with E-state index < -0.39 is 0 Å². The Kier molecular flexibility index (Phi) is 7.37. The average molecular weight is 300 g/mol. The van der Waals surface area contributed by atoms with Crippen LogP contribution in [0.15, 0.2) is 29.4 Å². The van der Waals surface area contributed by atoms with Crippen molar-refractivity contribution in [1.82, 2.24) is 0 Å². The summed E-state index contributed by atoms with van der Waals surface area (Å²) < 4.78 is 0. The van der Waals surface area contributed by atoms with E-state index in [9.17, 15) is 0 Å². The molecule has 0 bridgehead atoms. The van der Waals surface area contributed by atoms with Gasteiger partial charge in [0.1, 0.15) is 0 Å². The summed E-state index contributed by atoms with van der Waals surface area (Å²) in [6.45, 7) is 17.9. The van der Waals surface area contributed by atoms with Crippen molar-refractivity contribution in [1.29, 1.82) is 0 Å². The molecule has 0 saturated carbocycles. The molecule has 0 fully saturated rings. The molecule has 1 heterocycles. The third-order valence-corrected chi connectivity index (χ3v) is 4.15. The first-order chi connectivity index (χ1) is 10.5. The second-order valence-electron chi connectivity index (χ2n) is 5.78. The molecule has 2 heteroatoms. The summed E-state index contributed by atoms with van der Waals surface area (Å²) in [6.07, 6.45) is 5.09. The number of nitrogens with zero attached hydrogens (tertiary/aromatic N) is 2. The zero-order valence-corrected chi connectivity index (χ0v) is 15.3. The van der Waals surface area contributed by atoms with E-state index in [1.165, 1.54) is 42.5 Å². The summed E-state index contributed by atoms with van der Waals surface area (Å²) in [5, 5.41) is 0. The van der Waals surface area contributed by atoms with Crippen molar-refractivity contribution in [2.24, 2.45) is 4.99 Å². The Morgan fingerprint density at radius 1 is 1.00 bits per heavy atom. The van der Waals surface area contributed by atoms with Crippen molar-refractivity contribution in [2.45, 2.75) is 67.2 Å². The molecule has 1 aliphatic rings. The first kappa shape index (κ1) is 18.5. The van der Waals surface area contributed by atoms with Gasteiger partial charge >= 0.3 is 0 Å². The van der Waals surface area contributed by atoms with Gasteiger partial charge < -0.3 is 4.90 Å². The maximum atomic E-state index is 4.70. The van der Waals surface area contributed by atoms with Gasteiger partial charge in [0, 0.05) is 6.54 Å². The molecular weight excluding hydrogens is 268 g/mol. The summed E-state index contributed by atoms with van der Waals surface area (Å²) in [5.41, 5.74) is 7.03. The number of hydrogen-bond acceptors (Lipinski definition) is 2. The quantitative estimate of drug-likeness (QED) is 0.580. The predicted molar refractivity (Wildman–Crippen MR) is 101 cm³/mol. The number of allylic oxidation sites excluding steroid dienone is 1. The lowest BCUT2D eigenvalue weighted by atomic mass is 10.0. The first-order valence-corrected chi connectivity index (χ1v) is 8.68. The Labute approximate surface area is 137 Å². The van der Waals surface area contributed by atoms with Crippen LogP contribution >= 0.6 is 0 Å². The van der Waals surface area contributed by atoms with Gasteiger partial charge in [0.25, 0.3) is 0 Å². The summed E-state index contributed by atoms with van der Waals surface area (Å²) >= 11 is 0. The van der Waals surface area contributed by atoms with Crippen molar-refractivity contribution in [2.75, 3.05) is 11.4 Å². The molecule has 2 nitrogen and oxygen atoms in total. The fraction of sp³-hybridized carbons (Fsp3) is 0.550. The largest absolute Gasteiger partial charge is 0.339 e. The van der Waals surface area contributed by atoms with Crippen molar-refractivity contribution in [3.05, 3.63) is 35.5 Å². The van der Waals surface area contributed by atoms with Crippen LogP contribution in [0.5, 0.6) is 0 Å². The molecule has 0 atom stereocenters. The van der Waals surface area contributed by atoms with Crippen LogP contribution in [0.2, 0.25) is 0 Å². The molecule has 0 saturated heterocycles. The molecule has 2 rings (SSSR count). The van der Waals surface area contributed by atoms with Crippen molar-refractivity contribution in [3.63, 3.8) is 0 Å². The topological polar surface area (TPSA) is 15.6 Å². The Hall–Kier alpha value is -1.57. The van der Waals surface area contributed by atoms with Gasteiger partial charge in [0.15, 0.2) is 0 Å². The fourth-order valence-electron chi connectivity index (χ4n) is 2.63. The van der Waals surface area contributed by atoms with E-state index in [1.807, 2.05) is 13.8 Å². The molecule has 0 radical (unpaired) electrons. The lowest BCUT2D eigenvalue weighted by Crippen LogP contribution is -2.29. The molecule has 1 aromatic rings. The second kappa shape index (κ2) is 8.77. The van der Waals surface area contributed by atoms with Crippen molar-refractivity contribution in [3.8, 4) is 0 Å². The number of fused-ring (bicyclic) bond motifs is 1. The molecular formula is C20H32N2. The van der Waals surface area contributed by atoms with Crippen molar-refractivity contribution < 1.29 is 0 Å². The Morgan fingerprint density at radius 3 is 2.27 bits per heavy atom. The van der Waals surface area contributed by atoms with Gasteiger partial charge in [0.2, 0.25) is 0 Å². The monoisotopic (exact) mass is 300 g/mol. The van der Waals surface area contributed by atoms with Crippen LogP contribution in [0, 0.1) is 13.8 Å². The zero-order valence-electron chi connectivity index (χ0n) is 15.3. The molecule has 0 amide bonds. The van der Waals surface area contributed by atoms with E-state index in [4.69, 9.17) is 4.99 Å². The molecule has 0 spiro atoms. The zero-order chi connectivity index (χ0) is 16.7. The lowest BCUT2D eigenvalue weighted by Gasteiger charge is -2.32. The summed E-state index contributed by atoms with van der Waals surface area (Å²) in [4.78, 5) is 7.05. The van der Waals surface area contributed by atoms with Gasteiger partial charge in [0.05, 0.1) is 22.8 Å². The molecule has 1 aliphatic heterocycles. The summed E-state index contributed by atoms with van der Waals surface area (Å²) in [5.74, 6) is 0. The van der Waals surface area contributed by atoms with Crippen LogP contribution in [0.25, 0.3) is 0 Å².